The van der Waals surface area contributed by atoms with E-state index in [0.29, 0.717) is 12.0 Å². The van der Waals surface area contributed by atoms with Crippen molar-refractivity contribution in [3.63, 3.8) is 0 Å². The molecule has 0 heterocycles. The van der Waals surface area contributed by atoms with E-state index in [-0.39, 0.29) is 24.5 Å². The molecule has 0 amide bonds. The van der Waals surface area contributed by atoms with Crippen LogP contribution in [0.15, 0.2) is 12.2 Å². The largest absolute Gasteiger partial charge is 0.462 e. The van der Waals surface area contributed by atoms with Crippen molar-refractivity contribution in [3.8, 4) is 0 Å². The minimum atomic E-state index is -1.46. The molecule has 0 unspecified atom stereocenters. The van der Waals surface area contributed by atoms with Crippen LogP contribution in [-0.4, -0.2) is 58.1 Å². The zero-order chi connectivity index (χ0) is 24.0. The van der Waals surface area contributed by atoms with E-state index in [2.05, 4.69) is 6.58 Å². The molecule has 8 nitrogen and oxygen atoms in total. The standard InChI is InChI=1S/C24H32O8/c1-10-13-7-14(27)18-23(6)15(28)8-16(31-11(2)25)22(4,5)19(23)17(29)21(32-12(3)26)24(18,9-13)20(10)30/h13-16,18-19,21,27-28H,1,7-9H2,2-6H3/t13-,14+,15+,16+,18+,19-,21+,23+,24+/m1/s1. The van der Waals surface area contributed by atoms with Gasteiger partial charge >= 0.3 is 11.9 Å². The van der Waals surface area contributed by atoms with Crippen molar-refractivity contribution < 1.29 is 38.9 Å². The van der Waals surface area contributed by atoms with Crippen LogP contribution >= 0.6 is 0 Å². The van der Waals surface area contributed by atoms with Gasteiger partial charge in [-0.15, -0.1) is 0 Å². The van der Waals surface area contributed by atoms with Crippen LogP contribution < -0.4 is 0 Å². The van der Waals surface area contributed by atoms with Crippen molar-refractivity contribution in [3.05, 3.63) is 12.2 Å². The van der Waals surface area contributed by atoms with Gasteiger partial charge in [0.05, 0.1) is 17.6 Å². The second-order valence-corrected chi connectivity index (χ2v) is 10.9. The Bertz CT molecular complexity index is 921. The Hall–Kier alpha value is -2.06. The van der Waals surface area contributed by atoms with E-state index in [1.165, 1.54) is 13.8 Å². The van der Waals surface area contributed by atoms with Crippen molar-refractivity contribution in [2.75, 3.05) is 0 Å². The lowest BCUT2D eigenvalue weighted by Gasteiger charge is -2.66. The van der Waals surface area contributed by atoms with Crippen LogP contribution in [0.5, 0.6) is 0 Å². The van der Waals surface area contributed by atoms with Crippen LogP contribution in [0.1, 0.15) is 53.9 Å². The van der Waals surface area contributed by atoms with Crippen LogP contribution in [0.25, 0.3) is 0 Å². The molecular formula is C24H32O8. The molecule has 0 aromatic carbocycles. The van der Waals surface area contributed by atoms with Gasteiger partial charge in [0.15, 0.2) is 17.7 Å². The number of Topliss-reactive ketones (excluding diaryl/α,β-unsaturated/α-hetero) is 2. The average molecular weight is 449 g/mol. The maximum atomic E-state index is 14.1. The molecule has 0 aliphatic heterocycles. The molecule has 4 aliphatic carbocycles. The van der Waals surface area contributed by atoms with Crippen LogP contribution in [0.4, 0.5) is 0 Å². The molecule has 0 aromatic heterocycles. The number of allylic oxidation sites excluding steroid dienone is 1. The summed E-state index contributed by atoms with van der Waals surface area (Å²) in [4.78, 5) is 51.5. The van der Waals surface area contributed by atoms with Crippen molar-refractivity contribution in [1.82, 2.24) is 0 Å². The van der Waals surface area contributed by atoms with Crippen LogP contribution in [0, 0.1) is 34.0 Å². The maximum absolute atomic E-state index is 14.1. The summed E-state index contributed by atoms with van der Waals surface area (Å²) < 4.78 is 11.0. The number of aliphatic hydroxyl groups is 2. The topological polar surface area (TPSA) is 127 Å². The van der Waals surface area contributed by atoms with Crippen molar-refractivity contribution >= 4 is 23.5 Å². The Balaban J connectivity index is 1.95. The maximum Gasteiger partial charge on any atom is 0.303 e. The van der Waals surface area contributed by atoms with E-state index < -0.39 is 70.2 Å². The van der Waals surface area contributed by atoms with Gasteiger partial charge in [0.1, 0.15) is 6.10 Å². The minimum Gasteiger partial charge on any atom is -0.462 e. The summed E-state index contributed by atoms with van der Waals surface area (Å²) in [5.41, 5.74) is -3.26. The van der Waals surface area contributed by atoms with Crippen LogP contribution in [0.2, 0.25) is 0 Å². The van der Waals surface area contributed by atoms with Crippen LogP contribution in [-0.2, 0) is 28.7 Å². The zero-order valence-corrected chi connectivity index (χ0v) is 19.2. The molecular weight excluding hydrogens is 416 g/mol. The third-order valence-corrected chi connectivity index (χ3v) is 8.88. The minimum absolute atomic E-state index is 0.0724. The van der Waals surface area contributed by atoms with Crippen molar-refractivity contribution in [2.45, 2.75) is 78.3 Å². The fourth-order valence-corrected chi connectivity index (χ4v) is 7.87. The lowest BCUT2D eigenvalue weighted by atomic mass is 9.38. The molecule has 1 spiro atoms. The fourth-order valence-electron chi connectivity index (χ4n) is 7.87. The fraction of sp³-hybridized carbons (Fsp3) is 0.750. The molecule has 4 fully saturated rings. The molecule has 0 radical (unpaired) electrons. The molecule has 0 aromatic rings. The number of ether oxygens (including phenoxy) is 2. The molecule has 8 heteroatoms. The highest BCUT2D eigenvalue weighted by Gasteiger charge is 2.78. The molecule has 4 rings (SSSR count). The first kappa shape index (κ1) is 23.1. The Labute approximate surface area is 187 Å². The Morgan fingerprint density at radius 1 is 1.03 bits per heavy atom. The van der Waals surface area contributed by atoms with E-state index in [9.17, 15) is 29.4 Å². The quantitative estimate of drug-likeness (QED) is 0.479. The van der Waals surface area contributed by atoms with Crippen molar-refractivity contribution in [1.29, 1.82) is 0 Å². The van der Waals surface area contributed by atoms with Gasteiger partial charge in [0, 0.05) is 42.9 Å². The van der Waals surface area contributed by atoms with Gasteiger partial charge in [0.25, 0.3) is 0 Å². The third-order valence-electron chi connectivity index (χ3n) is 8.88. The number of hydrogen-bond donors (Lipinski definition) is 2. The number of fused-ring (bicyclic) bond motifs is 3. The van der Waals surface area contributed by atoms with E-state index in [0.717, 1.165) is 0 Å². The molecule has 2 bridgehead atoms. The van der Waals surface area contributed by atoms with E-state index >= 15 is 0 Å². The number of carbonyl (C=O) groups is 4. The summed E-state index contributed by atoms with van der Waals surface area (Å²) in [6, 6.07) is 0. The van der Waals surface area contributed by atoms with E-state index in [4.69, 9.17) is 9.47 Å². The molecule has 0 saturated heterocycles. The van der Waals surface area contributed by atoms with Gasteiger partial charge < -0.3 is 19.7 Å². The number of esters is 2. The van der Waals surface area contributed by atoms with Crippen molar-refractivity contribution in [2.24, 2.45) is 34.0 Å². The number of rotatable bonds is 2. The third kappa shape index (κ3) is 2.68. The summed E-state index contributed by atoms with van der Waals surface area (Å²) in [5.74, 6) is -4.12. The SMILES string of the molecule is C=C1C(=O)[C@]23C[C@H]1C[C@H](O)[C@H]2[C@@]1(C)[C@H](C(=O)[C@@H]3OC(C)=O)C(C)(C)[C@@H](OC(C)=O)C[C@@H]1O. The normalized spacial score (nSPS) is 46.8. The zero-order valence-electron chi connectivity index (χ0n) is 19.2. The lowest BCUT2D eigenvalue weighted by Crippen LogP contribution is -2.75. The smallest absolute Gasteiger partial charge is 0.303 e. The highest BCUT2D eigenvalue weighted by atomic mass is 16.6. The summed E-state index contributed by atoms with van der Waals surface area (Å²) >= 11 is 0. The first-order chi connectivity index (χ1) is 14.7. The number of ketones is 2. The predicted molar refractivity (Wildman–Crippen MR) is 111 cm³/mol. The summed E-state index contributed by atoms with van der Waals surface area (Å²) in [5, 5.41) is 22.7. The van der Waals surface area contributed by atoms with Gasteiger partial charge in [-0.25, -0.2) is 0 Å². The Morgan fingerprint density at radius 3 is 2.19 bits per heavy atom. The summed E-state index contributed by atoms with van der Waals surface area (Å²) in [6.07, 6.45) is -3.65. The molecule has 176 valence electrons. The van der Waals surface area contributed by atoms with Gasteiger partial charge in [0.2, 0.25) is 0 Å². The number of carbonyl (C=O) groups excluding carboxylic acids is 4. The van der Waals surface area contributed by atoms with Gasteiger partial charge in [-0.05, 0) is 24.3 Å². The lowest BCUT2D eigenvalue weighted by molar-refractivity contribution is -0.259. The van der Waals surface area contributed by atoms with Gasteiger partial charge in [-0.1, -0.05) is 27.4 Å². The first-order valence-electron chi connectivity index (χ1n) is 11.2. The molecule has 2 N–H and O–H groups in total. The van der Waals surface area contributed by atoms with Gasteiger partial charge in [-0.2, -0.15) is 0 Å². The molecule has 4 saturated carbocycles. The summed E-state index contributed by atoms with van der Waals surface area (Å²) in [6.45, 7) is 11.7. The van der Waals surface area contributed by atoms with Crippen LogP contribution in [0.3, 0.4) is 0 Å². The summed E-state index contributed by atoms with van der Waals surface area (Å²) in [7, 11) is 0. The Morgan fingerprint density at radius 2 is 1.62 bits per heavy atom. The second-order valence-electron chi connectivity index (χ2n) is 10.9. The van der Waals surface area contributed by atoms with Gasteiger partial charge in [-0.3, -0.25) is 19.2 Å². The number of hydrogen-bond acceptors (Lipinski definition) is 8. The highest BCUT2D eigenvalue weighted by molar-refractivity contribution is 6.08. The second kappa shape index (κ2) is 6.97. The highest BCUT2D eigenvalue weighted by Crippen LogP contribution is 2.70. The molecule has 4 aliphatic rings. The monoisotopic (exact) mass is 448 g/mol. The Kier molecular flexibility index (Phi) is 5.03. The average Bonchev–Trinajstić information content (AvgIpc) is 2.84. The van der Waals surface area contributed by atoms with E-state index in [1.54, 1.807) is 20.8 Å². The predicted octanol–water partition coefficient (Wildman–Crippen LogP) is 1.36. The van der Waals surface area contributed by atoms with E-state index in [1.807, 2.05) is 0 Å². The first-order valence-corrected chi connectivity index (χ1v) is 11.2. The number of aliphatic hydroxyl groups excluding tert-OH is 2. The molecule has 9 atom stereocenters. The molecule has 32 heavy (non-hydrogen) atoms.